The van der Waals surface area contributed by atoms with E-state index in [9.17, 15) is 4.79 Å². The van der Waals surface area contributed by atoms with Crippen LogP contribution in [0.4, 0.5) is 5.82 Å². The van der Waals surface area contributed by atoms with Gasteiger partial charge in [0.1, 0.15) is 5.82 Å². The summed E-state index contributed by atoms with van der Waals surface area (Å²) in [4.78, 5) is 30.5. The van der Waals surface area contributed by atoms with Gasteiger partial charge in [0, 0.05) is 31.9 Å². The SMILES string of the molecule is CCN(CC)c1nc(C(=O)N2CCCC2)nc2nc(C)cc(C)c12. The first-order chi connectivity index (χ1) is 11.5. The first-order valence-electron chi connectivity index (χ1n) is 8.75. The Morgan fingerprint density at radius 3 is 2.42 bits per heavy atom. The summed E-state index contributed by atoms with van der Waals surface area (Å²) in [6.07, 6.45) is 2.11. The molecule has 0 unspecified atom stereocenters. The molecule has 2 aromatic rings. The number of hydrogen-bond donors (Lipinski definition) is 0. The van der Waals surface area contributed by atoms with E-state index in [0.29, 0.717) is 5.65 Å². The lowest BCUT2D eigenvalue weighted by atomic mass is 10.1. The molecule has 0 atom stereocenters. The van der Waals surface area contributed by atoms with E-state index in [1.54, 1.807) is 0 Å². The van der Waals surface area contributed by atoms with Crippen LogP contribution in [0.1, 0.15) is 48.6 Å². The standard InChI is InChI=1S/C18H25N5O/c1-5-22(6-2)17-14-12(3)11-13(4)19-15(14)20-16(21-17)18(24)23-9-7-8-10-23/h11H,5-10H2,1-4H3. The monoisotopic (exact) mass is 327 g/mol. The van der Waals surface area contributed by atoms with E-state index >= 15 is 0 Å². The Morgan fingerprint density at radius 2 is 1.79 bits per heavy atom. The van der Waals surface area contributed by atoms with Crippen molar-refractivity contribution in [3.63, 3.8) is 0 Å². The van der Waals surface area contributed by atoms with Crippen molar-refractivity contribution in [2.24, 2.45) is 0 Å². The lowest BCUT2D eigenvalue weighted by Crippen LogP contribution is -2.31. The summed E-state index contributed by atoms with van der Waals surface area (Å²) in [5, 5.41) is 0.947. The predicted octanol–water partition coefficient (Wildman–Crippen LogP) is 2.72. The van der Waals surface area contributed by atoms with E-state index in [0.717, 1.165) is 61.5 Å². The third kappa shape index (κ3) is 2.92. The number of nitrogens with zero attached hydrogens (tertiary/aromatic N) is 5. The van der Waals surface area contributed by atoms with Gasteiger partial charge < -0.3 is 9.80 Å². The number of aromatic nitrogens is 3. The highest BCUT2D eigenvalue weighted by molar-refractivity contribution is 5.96. The molecule has 1 amide bonds. The molecule has 128 valence electrons. The molecule has 0 aliphatic carbocycles. The van der Waals surface area contributed by atoms with Crippen LogP contribution >= 0.6 is 0 Å². The Morgan fingerprint density at radius 1 is 1.12 bits per heavy atom. The molecule has 0 aromatic carbocycles. The molecule has 1 fully saturated rings. The van der Waals surface area contributed by atoms with Crippen LogP contribution in [0.2, 0.25) is 0 Å². The molecule has 0 bridgehead atoms. The van der Waals surface area contributed by atoms with Gasteiger partial charge in [-0.1, -0.05) is 0 Å². The number of carbonyl (C=O) groups is 1. The average Bonchev–Trinajstić information content (AvgIpc) is 3.08. The highest BCUT2D eigenvalue weighted by Crippen LogP contribution is 2.27. The minimum absolute atomic E-state index is 0.0798. The van der Waals surface area contributed by atoms with Gasteiger partial charge in [0.25, 0.3) is 5.91 Å². The number of hydrogen-bond acceptors (Lipinski definition) is 5. The third-order valence-electron chi connectivity index (χ3n) is 4.62. The Bertz CT molecular complexity index is 764. The van der Waals surface area contributed by atoms with E-state index in [4.69, 9.17) is 0 Å². The van der Waals surface area contributed by atoms with Crippen LogP contribution in [-0.4, -0.2) is 51.9 Å². The van der Waals surface area contributed by atoms with E-state index in [2.05, 4.69) is 40.6 Å². The maximum Gasteiger partial charge on any atom is 0.291 e. The fourth-order valence-corrected chi connectivity index (χ4v) is 3.37. The van der Waals surface area contributed by atoms with Crippen LogP contribution in [0.15, 0.2) is 6.07 Å². The van der Waals surface area contributed by atoms with Crippen molar-refractivity contribution in [1.29, 1.82) is 0 Å². The van der Waals surface area contributed by atoms with Crippen LogP contribution in [0, 0.1) is 13.8 Å². The van der Waals surface area contributed by atoms with E-state index < -0.39 is 0 Å². The van der Waals surface area contributed by atoms with E-state index in [-0.39, 0.29) is 11.7 Å². The molecule has 24 heavy (non-hydrogen) atoms. The molecule has 3 rings (SSSR count). The van der Waals surface area contributed by atoms with Gasteiger partial charge in [0.05, 0.1) is 5.39 Å². The Labute approximate surface area is 142 Å². The van der Waals surface area contributed by atoms with Gasteiger partial charge in [-0.05, 0) is 52.2 Å². The van der Waals surface area contributed by atoms with Gasteiger partial charge in [-0.25, -0.2) is 15.0 Å². The maximum absolute atomic E-state index is 12.8. The van der Waals surface area contributed by atoms with Crippen molar-refractivity contribution >= 4 is 22.8 Å². The lowest BCUT2D eigenvalue weighted by Gasteiger charge is -2.23. The number of rotatable bonds is 4. The molecule has 1 aliphatic heterocycles. The van der Waals surface area contributed by atoms with E-state index in [1.165, 1.54) is 0 Å². The number of pyridine rings is 1. The molecule has 6 heteroatoms. The van der Waals surface area contributed by atoms with E-state index in [1.807, 2.05) is 17.9 Å². The molecular formula is C18H25N5O. The number of aryl methyl sites for hydroxylation is 2. The zero-order chi connectivity index (χ0) is 17.3. The van der Waals surface area contributed by atoms with Crippen molar-refractivity contribution in [2.75, 3.05) is 31.1 Å². The minimum atomic E-state index is -0.0798. The van der Waals surface area contributed by atoms with Crippen LogP contribution in [0.25, 0.3) is 11.0 Å². The summed E-state index contributed by atoms with van der Waals surface area (Å²) in [5.74, 6) is 1.00. The number of fused-ring (bicyclic) bond motifs is 1. The highest BCUT2D eigenvalue weighted by Gasteiger charge is 2.25. The molecule has 1 aliphatic rings. The van der Waals surface area contributed by atoms with Crippen LogP contribution in [-0.2, 0) is 0 Å². The molecule has 6 nitrogen and oxygen atoms in total. The summed E-state index contributed by atoms with van der Waals surface area (Å²) >= 11 is 0. The van der Waals surface area contributed by atoms with Gasteiger partial charge in [0.2, 0.25) is 5.82 Å². The van der Waals surface area contributed by atoms with Crippen molar-refractivity contribution in [2.45, 2.75) is 40.5 Å². The molecule has 0 N–H and O–H groups in total. The fourth-order valence-electron chi connectivity index (χ4n) is 3.37. The predicted molar refractivity (Wildman–Crippen MR) is 95.5 cm³/mol. The molecule has 0 radical (unpaired) electrons. The van der Waals surface area contributed by atoms with Crippen LogP contribution in [0.3, 0.4) is 0 Å². The number of carbonyl (C=O) groups excluding carboxylic acids is 1. The molecule has 0 spiro atoms. The topological polar surface area (TPSA) is 62.2 Å². The second kappa shape index (κ2) is 6.71. The Kier molecular flexibility index (Phi) is 4.64. The molecule has 2 aromatic heterocycles. The normalized spacial score (nSPS) is 14.4. The summed E-state index contributed by atoms with van der Waals surface area (Å²) in [5.41, 5.74) is 2.62. The lowest BCUT2D eigenvalue weighted by molar-refractivity contribution is 0.0781. The zero-order valence-corrected chi connectivity index (χ0v) is 15.0. The first-order valence-corrected chi connectivity index (χ1v) is 8.75. The maximum atomic E-state index is 12.8. The smallest absolute Gasteiger partial charge is 0.291 e. The average molecular weight is 327 g/mol. The van der Waals surface area contributed by atoms with Crippen LogP contribution in [0.5, 0.6) is 0 Å². The quantitative estimate of drug-likeness (QED) is 0.864. The molecule has 1 saturated heterocycles. The number of likely N-dealkylation sites (tertiary alicyclic amines) is 1. The summed E-state index contributed by atoms with van der Waals surface area (Å²) in [6.45, 7) is 11.4. The minimum Gasteiger partial charge on any atom is -0.356 e. The van der Waals surface area contributed by atoms with Gasteiger partial charge >= 0.3 is 0 Å². The molecule has 0 saturated carbocycles. The first kappa shape index (κ1) is 16.6. The van der Waals surface area contributed by atoms with Crippen molar-refractivity contribution in [1.82, 2.24) is 19.9 Å². The Hall–Kier alpha value is -2.24. The highest BCUT2D eigenvalue weighted by atomic mass is 16.2. The van der Waals surface area contributed by atoms with Gasteiger partial charge in [-0.2, -0.15) is 0 Å². The third-order valence-corrected chi connectivity index (χ3v) is 4.62. The second-order valence-electron chi connectivity index (χ2n) is 6.32. The van der Waals surface area contributed by atoms with Crippen LogP contribution < -0.4 is 4.90 Å². The van der Waals surface area contributed by atoms with Crippen molar-refractivity contribution < 1.29 is 4.79 Å². The number of anilines is 1. The summed E-state index contributed by atoms with van der Waals surface area (Å²) in [7, 11) is 0. The second-order valence-corrected chi connectivity index (χ2v) is 6.32. The summed E-state index contributed by atoms with van der Waals surface area (Å²) < 4.78 is 0. The van der Waals surface area contributed by atoms with Gasteiger partial charge in [-0.3, -0.25) is 4.79 Å². The summed E-state index contributed by atoms with van der Waals surface area (Å²) in [6, 6.07) is 2.04. The number of amides is 1. The fraction of sp³-hybridized carbons (Fsp3) is 0.556. The van der Waals surface area contributed by atoms with Crippen molar-refractivity contribution in [3.8, 4) is 0 Å². The molecular weight excluding hydrogens is 302 g/mol. The van der Waals surface area contributed by atoms with Gasteiger partial charge in [-0.15, -0.1) is 0 Å². The largest absolute Gasteiger partial charge is 0.356 e. The van der Waals surface area contributed by atoms with Gasteiger partial charge in [0.15, 0.2) is 5.65 Å². The van der Waals surface area contributed by atoms with Crippen molar-refractivity contribution in [3.05, 3.63) is 23.1 Å². The zero-order valence-electron chi connectivity index (χ0n) is 15.0. The Balaban J connectivity index is 2.19. The molecule has 3 heterocycles.